The van der Waals surface area contributed by atoms with Crippen molar-refractivity contribution in [2.75, 3.05) is 39.4 Å². The summed E-state index contributed by atoms with van der Waals surface area (Å²) in [6.45, 7) is 9.30. The molecule has 0 saturated carbocycles. The van der Waals surface area contributed by atoms with Gasteiger partial charge in [0.25, 0.3) is 0 Å². The van der Waals surface area contributed by atoms with Crippen molar-refractivity contribution in [3.05, 3.63) is 59.2 Å². The Balaban J connectivity index is 1.33. The molecule has 3 aliphatic rings. The van der Waals surface area contributed by atoms with Gasteiger partial charge in [-0.2, -0.15) is 0 Å². The van der Waals surface area contributed by atoms with Crippen molar-refractivity contribution in [1.82, 2.24) is 9.80 Å². The van der Waals surface area contributed by atoms with Gasteiger partial charge in [0.15, 0.2) is 11.5 Å². The van der Waals surface area contributed by atoms with E-state index in [9.17, 15) is 4.79 Å². The summed E-state index contributed by atoms with van der Waals surface area (Å²) in [7, 11) is 0. The largest absolute Gasteiger partial charge is 0.486 e. The first-order valence-corrected chi connectivity index (χ1v) is 10.5. The summed E-state index contributed by atoms with van der Waals surface area (Å²) in [4.78, 5) is 17.7. The number of carbonyl (C=O) groups is 1. The number of rotatable bonds is 2. The van der Waals surface area contributed by atoms with E-state index in [-0.39, 0.29) is 17.4 Å². The highest BCUT2D eigenvalue weighted by Gasteiger charge is 2.40. The van der Waals surface area contributed by atoms with Gasteiger partial charge in [-0.3, -0.25) is 9.69 Å². The van der Waals surface area contributed by atoms with E-state index in [1.54, 1.807) is 0 Å². The number of carbonyl (C=O) groups excluding carboxylic acids is 1. The summed E-state index contributed by atoms with van der Waals surface area (Å²) in [5.41, 5.74) is 3.92. The summed E-state index contributed by atoms with van der Waals surface area (Å²) >= 11 is 0. The molecule has 5 rings (SSSR count). The maximum Gasteiger partial charge on any atom is 0.227 e. The van der Waals surface area contributed by atoms with Gasteiger partial charge in [-0.25, -0.2) is 0 Å². The molecule has 5 nitrogen and oxygen atoms in total. The molecule has 0 spiro atoms. The van der Waals surface area contributed by atoms with Gasteiger partial charge in [0.1, 0.15) is 13.2 Å². The van der Waals surface area contributed by atoms with Crippen LogP contribution in [-0.2, 0) is 16.6 Å². The number of hydrogen-bond donors (Lipinski definition) is 0. The highest BCUT2D eigenvalue weighted by molar-refractivity contribution is 5.79. The summed E-state index contributed by atoms with van der Waals surface area (Å²) in [5.74, 6) is 1.70. The van der Waals surface area contributed by atoms with Gasteiger partial charge in [0.05, 0.1) is 12.5 Å². The molecule has 0 radical (unpaired) electrons. The fourth-order valence-corrected chi connectivity index (χ4v) is 5.01. The number of amides is 1. The van der Waals surface area contributed by atoms with E-state index < -0.39 is 0 Å². The van der Waals surface area contributed by atoms with Crippen LogP contribution in [-0.4, -0.2) is 55.1 Å². The molecule has 29 heavy (non-hydrogen) atoms. The minimum absolute atomic E-state index is 0.143. The van der Waals surface area contributed by atoms with Crippen LogP contribution in [0.2, 0.25) is 0 Å². The Kier molecular flexibility index (Phi) is 4.50. The normalized spacial score (nSPS) is 22.6. The third-order valence-electron chi connectivity index (χ3n) is 6.45. The number of nitrogens with zero attached hydrogens (tertiary/aromatic N) is 2. The minimum atomic E-state index is 0.143. The second-order valence-corrected chi connectivity index (χ2v) is 8.95. The lowest BCUT2D eigenvalue weighted by Crippen LogP contribution is -2.56. The minimum Gasteiger partial charge on any atom is -0.486 e. The molecule has 5 heteroatoms. The zero-order chi connectivity index (χ0) is 20.0. The van der Waals surface area contributed by atoms with Gasteiger partial charge in [-0.1, -0.05) is 44.2 Å². The Hall–Kier alpha value is -2.53. The number of benzene rings is 2. The first kappa shape index (κ1) is 18.5. The van der Waals surface area contributed by atoms with Crippen molar-refractivity contribution in [2.24, 2.45) is 0 Å². The van der Waals surface area contributed by atoms with Crippen LogP contribution in [0.1, 0.15) is 36.6 Å². The van der Waals surface area contributed by atoms with Gasteiger partial charge in [-0.15, -0.1) is 0 Å². The molecule has 2 aromatic rings. The molecule has 152 valence electrons. The van der Waals surface area contributed by atoms with Crippen LogP contribution in [0.4, 0.5) is 0 Å². The molecule has 0 bridgehead atoms. The maximum atomic E-state index is 13.1. The van der Waals surface area contributed by atoms with E-state index in [0.717, 1.165) is 43.2 Å². The molecule has 0 aliphatic carbocycles. The zero-order valence-corrected chi connectivity index (χ0v) is 17.2. The molecular formula is C24H28N2O3. The monoisotopic (exact) mass is 392 g/mol. The predicted molar refractivity (Wildman–Crippen MR) is 111 cm³/mol. The molecule has 3 aliphatic heterocycles. The second kappa shape index (κ2) is 7.06. The molecule has 2 aromatic carbocycles. The first-order chi connectivity index (χ1) is 14.0. The molecular weight excluding hydrogens is 364 g/mol. The van der Waals surface area contributed by atoms with Gasteiger partial charge in [-0.05, 0) is 28.8 Å². The summed E-state index contributed by atoms with van der Waals surface area (Å²) in [5, 5.41) is 0. The van der Waals surface area contributed by atoms with Crippen LogP contribution in [0.5, 0.6) is 11.5 Å². The van der Waals surface area contributed by atoms with Crippen LogP contribution in [0.15, 0.2) is 42.5 Å². The topological polar surface area (TPSA) is 42.0 Å². The van der Waals surface area contributed by atoms with Crippen molar-refractivity contribution >= 4 is 5.91 Å². The average Bonchev–Trinajstić information content (AvgIpc) is 2.73. The predicted octanol–water partition coefficient (Wildman–Crippen LogP) is 3.18. The average molecular weight is 392 g/mol. The van der Waals surface area contributed by atoms with Gasteiger partial charge < -0.3 is 14.4 Å². The van der Waals surface area contributed by atoms with E-state index in [4.69, 9.17) is 9.47 Å². The second-order valence-electron chi connectivity index (χ2n) is 8.95. The standard InChI is InChI=1S/C24H28N2O3/c1-24(2)16-26-10-9-25(15-20(26)18-5-3-4-6-19(18)24)23(27)14-17-7-8-21-22(13-17)29-12-11-28-21/h3-8,13,20H,9-12,14-16H2,1-2H3. The fraction of sp³-hybridized carbons (Fsp3) is 0.458. The zero-order valence-electron chi connectivity index (χ0n) is 17.2. The van der Waals surface area contributed by atoms with Gasteiger partial charge >= 0.3 is 0 Å². The first-order valence-electron chi connectivity index (χ1n) is 10.5. The van der Waals surface area contributed by atoms with Crippen LogP contribution in [0.3, 0.4) is 0 Å². The van der Waals surface area contributed by atoms with E-state index in [0.29, 0.717) is 19.6 Å². The van der Waals surface area contributed by atoms with Crippen LogP contribution < -0.4 is 9.47 Å². The van der Waals surface area contributed by atoms with E-state index >= 15 is 0 Å². The van der Waals surface area contributed by atoms with Crippen LogP contribution in [0.25, 0.3) is 0 Å². The molecule has 1 unspecified atom stereocenters. The number of hydrogen-bond acceptors (Lipinski definition) is 4. The molecule has 0 aromatic heterocycles. The Bertz CT molecular complexity index is 939. The van der Waals surface area contributed by atoms with E-state index in [1.807, 2.05) is 23.1 Å². The van der Waals surface area contributed by atoms with E-state index in [2.05, 4.69) is 43.0 Å². The SMILES string of the molecule is CC1(C)CN2CCN(C(=O)Cc3ccc4c(c3)OCCO4)CC2c2ccccc21. The lowest BCUT2D eigenvalue weighted by molar-refractivity contribution is -0.134. The van der Waals surface area contributed by atoms with Crippen molar-refractivity contribution in [1.29, 1.82) is 0 Å². The highest BCUT2D eigenvalue weighted by atomic mass is 16.6. The molecule has 1 fully saturated rings. The van der Waals surface area contributed by atoms with Gasteiger partial charge in [0.2, 0.25) is 5.91 Å². The molecule has 3 heterocycles. The smallest absolute Gasteiger partial charge is 0.227 e. The van der Waals surface area contributed by atoms with Crippen molar-refractivity contribution in [2.45, 2.75) is 31.7 Å². The lowest BCUT2D eigenvalue weighted by Gasteiger charge is -2.50. The van der Waals surface area contributed by atoms with Crippen molar-refractivity contribution < 1.29 is 14.3 Å². The van der Waals surface area contributed by atoms with Crippen LogP contribution >= 0.6 is 0 Å². The fourth-order valence-electron chi connectivity index (χ4n) is 5.01. The quantitative estimate of drug-likeness (QED) is 0.787. The van der Waals surface area contributed by atoms with Crippen LogP contribution in [0, 0.1) is 0 Å². The third kappa shape index (κ3) is 3.38. The van der Waals surface area contributed by atoms with Gasteiger partial charge in [0, 0.05) is 31.6 Å². The molecule has 1 saturated heterocycles. The number of fused-ring (bicyclic) bond motifs is 4. The number of piperazine rings is 1. The molecule has 1 atom stereocenters. The lowest BCUT2D eigenvalue weighted by atomic mass is 9.75. The van der Waals surface area contributed by atoms with E-state index in [1.165, 1.54) is 11.1 Å². The highest BCUT2D eigenvalue weighted by Crippen LogP contribution is 2.41. The Morgan fingerprint density at radius 1 is 1.07 bits per heavy atom. The summed E-state index contributed by atoms with van der Waals surface area (Å²) < 4.78 is 11.2. The Labute approximate surface area is 172 Å². The maximum absolute atomic E-state index is 13.1. The molecule has 0 N–H and O–H groups in total. The summed E-state index contributed by atoms with van der Waals surface area (Å²) in [6.07, 6.45) is 0.399. The molecule has 1 amide bonds. The Morgan fingerprint density at radius 2 is 1.86 bits per heavy atom. The Morgan fingerprint density at radius 3 is 2.72 bits per heavy atom. The van der Waals surface area contributed by atoms with Crippen molar-refractivity contribution in [3.63, 3.8) is 0 Å². The number of ether oxygens (including phenoxy) is 2. The third-order valence-corrected chi connectivity index (χ3v) is 6.45. The van der Waals surface area contributed by atoms with Crippen molar-refractivity contribution in [3.8, 4) is 11.5 Å². The summed E-state index contributed by atoms with van der Waals surface area (Å²) in [6, 6.07) is 14.9.